The first-order valence-corrected chi connectivity index (χ1v) is 7.63. The van der Waals surface area contributed by atoms with Crippen LogP contribution >= 0.6 is 0 Å². The minimum Gasteiger partial charge on any atom is -0.383 e. The van der Waals surface area contributed by atoms with Crippen molar-refractivity contribution in [1.29, 1.82) is 0 Å². The van der Waals surface area contributed by atoms with E-state index in [1.165, 1.54) is 12.8 Å². The Morgan fingerprint density at radius 3 is 2.60 bits per heavy atom. The number of rotatable bonds is 7. The Morgan fingerprint density at radius 1 is 1.50 bits per heavy atom. The number of methoxy groups -OCH3 is 1. The van der Waals surface area contributed by atoms with Crippen molar-refractivity contribution in [3.8, 4) is 0 Å². The van der Waals surface area contributed by atoms with Crippen LogP contribution in [0.2, 0.25) is 0 Å². The van der Waals surface area contributed by atoms with E-state index in [-0.39, 0.29) is 17.5 Å². The minimum atomic E-state index is -0.00561. The second-order valence-electron chi connectivity index (χ2n) is 6.39. The highest BCUT2D eigenvalue weighted by Crippen LogP contribution is 2.34. The first-order chi connectivity index (χ1) is 9.43. The molecule has 5 heteroatoms. The summed E-state index contributed by atoms with van der Waals surface area (Å²) in [6.07, 6.45) is 4.57. The maximum Gasteiger partial charge on any atom is 0.234 e. The second-order valence-corrected chi connectivity index (χ2v) is 6.39. The molecule has 0 aliphatic heterocycles. The van der Waals surface area contributed by atoms with Gasteiger partial charge >= 0.3 is 0 Å². The van der Waals surface area contributed by atoms with Gasteiger partial charge in [-0.25, -0.2) is 0 Å². The fraction of sp³-hybridized carbons (Fsp3) is 0.933. The Hall–Kier alpha value is -0.650. The third-order valence-corrected chi connectivity index (χ3v) is 4.60. The van der Waals surface area contributed by atoms with E-state index in [2.05, 4.69) is 17.1 Å². The summed E-state index contributed by atoms with van der Waals surface area (Å²) in [4.78, 5) is 14.2. The molecule has 1 aliphatic rings. The number of ether oxygens (including phenoxy) is 1. The van der Waals surface area contributed by atoms with E-state index in [9.17, 15) is 4.79 Å². The molecule has 0 saturated heterocycles. The first kappa shape index (κ1) is 17.4. The van der Waals surface area contributed by atoms with Gasteiger partial charge in [-0.05, 0) is 45.6 Å². The maximum absolute atomic E-state index is 12.1. The lowest BCUT2D eigenvalue weighted by molar-refractivity contribution is -0.124. The summed E-state index contributed by atoms with van der Waals surface area (Å²) in [5, 5.41) is 2.95. The monoisotopic (exact) mass is 285 g/mol. The number of hydrogen-bond acceptors (Lipinski definition) is 4. The van der Waals surface area contributed by atoms with Gasteiger partial charge in [-0.2, -0.15) is 0 Å². The largest absolute Gasteiger partial charge is 0.383 e. The SMILES string of the molecule is COCC(C)NC(=O)CN(C)C1(CN)CCC(C)CC1. The predicted molar refractivity (Wildman–Crippen MR) is 81.5 cm³/mol. The van der Waals surface area contributed by atoms with E-state index in [1.54, 1.807) is 7.11 Å². The summed E-state index contributed by atoms with van der Waals surface area (Å²) < 4.78 is 5.03. The Morgan fingerprint density at radius 2 is 2.10 bits per heavy atom. The van der Waals surface area contributed by atoms with Gasteiger partial charge in [-0.15, -0.1) is 0 Å². The van der Waals surface area contributed by atoms with Crippen LogP contribution in [-0.4, -0.2) is 56.2 Å². The molecule has 0 radical (unpaired) electrons. The van der Waals surface area contributed by atoms with Crippen LogP contribution in [0.3, 0.4) is 0 Å². The normalized spacial score (nSPS) is 28.4. The Labute approximate surface area is 123 Å². The van der Waals surface area contributed by atoms with Crippen LogP contribution in [0, 0.1) is 5.92 Å². The molecule has 1 unspecified atom stereocenters. The lowest BCUT2D eigenvalue weighted by Gasteiger charge is -2.45. The van der Waals surface area contributed by atoms with Crippen LogP contribution in [-0.2, 0) is 9.53 Å². The maximum atomic E-state index is 12.1. The molecule has 118 valence electrons. The molecule has 0 aromatic rings. The van der Waals surface area contributed by atoms with Crippen molar-refractivity contribution < 1.29 is 9.53 Å². The van der Waals surface area contributed by atoms with Gasteiger partial charge in [0.05, 0.1) is 13.2 Å². The van der Waals surface area contributed by atoms with Crippen molar-refractivity contribution in [1.82, 2.24) is 10.2 Å². The van der Waals surface area contributed by atoms with Gasteiger partial charge in [0.2, 0.25) is 5.91 Å². The van der Waals surface area contributed by atoms with Gasteiger partial charge in [-0.1, -0.05) is 6.92 Å². The van der Waals surface area contributed by atoms with E-state index in [4.69, 9.17) is 10.5 Å². The molecular formula is C15H31N3O2. The zero-order valence-corrected chi connectivity index (χ0v) is 13.4. The summed E-state index contributed by atoms with van der Waals surface area (Å²) in [5.41, 5.74) is 6.01. The number of amides is 1. The molecule has 1 aliphatic carbocycles. The van der Waals surface area contributed by atoms with Crippen LogP contribution in [0.1, 0.15) is 39.5 Å². The smallest absolute Gasteiger partial charge is 0.234 e. The number of nitrogens with one attached hydrogen (secondary N) is 1. The van der Waals surface area contributed by atoms with Crippen molar-refractivity contribution in [2.45, 2.75) is 51.1 Å². The number of likely N-dealkylation sites (N-methyl/N-ethyl adjacent to an activating group) is 1. The van der Waals surface area contributed by atoms with Crippen LogP contribution in [0.15, 0.2) is 0 Å². The van der Waals surface area contributed by atoms with Crippen molar-refractivity contribution in [3.63, 3.8) is 0 Å². The summed E-state index contributed by atoms with van der Waals surface area (Å²) in [5.74, 6) is 0.821. The Bertz CT molecular complexity index is 301. The molecular weight excluding hydrogens is 254 g/mol. The third kappa shape index (κ3) is 4.72. The highest BCUT2D eigenvalue weighted by Gasteiger charge is 2.37. The Balaban J connectivity index is 2.50. The highest BCUT2D eigenvalue weighted by molar-refractivity contribution is 5.78. The molecule has 5 nitrogen and oxygen atoms in total. The summed E-state index contributed by atoms with van der Waals surface area (Å²) >= 11 is 0. The van der Waals surface area contributed by atoms with Crippen molar-refractivity contribution in [2.75, 3.05) is 33.9 Å². The molecule has 1 fully saturated rings. The minimum absolute atomic E-state index is 0.00561. The summed E-state index contributed by atoms with van der Waals surface area (Å²) in [6, 6.07) is 0.0427. The van der Waals surface area contributed by atoms with Crippen LogP contribution < -0.4 is 11.1 Å². The van der Waals surface area contributed by atoms with Gasteiger partial charge in [0.15, 0.2) is 0 Å². The molecule has 0 aromatic heterocycles. The number of nitrogens with two attached hydrogens (primary N) is 1. The fourth-order valence-corrected chi connectivity index (χ4v) is 3.04. The molecule has 0 bridgehead atoms. The van der Waals surface area contributed by atoms with Gasteiger partial charge in [-0.3, -0.25) is 9.69 Å². The van der Waals surface area contributed by atoms with Crippen molar-refractivity contribution >= 4 is 5.91 Å². The van der Waals surface area contributed by atoms with Crippen LogP contribution in [0.4, 0.5) is 0 Å². The summed E-state index contributed by atoms with van der Waals surface area (Å²) in [7, 11) is 3.66. The topological polar surface area (TPSA) is 67.6 Å². The molecule has 1 saturated carbocycles. The second kappa shape index (κ2) is 7.96. The molecule has 1 rings (SSSR count). The van der Waals surface area contributed by atoms with Gasteiger partial charge in [0, 0.05) is 25.2 Å². The van der Waals surface area contributed by atoms with Crippen molar-refractivity contribution in [2.24, 2.45) is 11.7 Å². The van der Waals surface area contributed by atoms with E-state index in [0.717, 1.165) is 18.8 Å². The van der Waals surface area contributed by atoms with Crippen molar-refractivity contribution in [3.05, 3.63) is 0 Å². The van der Waals surface area contributed by atoms with Gasteiger partial charge < -0.3 is 15.8 Å². The lowest BCUT2D eigenvalue weighted by atomic mass is 9.76. The quantitative estimate of drug-likeness (QED) is 0.731. The molecule has 0 heterocycles. The zero-order valence-electron chi connectivity index (χ0n) is 13.4. The molecule has 1 amide bonds. The molecule has 20 heavy (non-hydrogen) atoms. The lowest BCUT2D eigenvalue weighted by Crippen LogP contribution is -2.56. The summed E-state index contributed by atoms with van der Waals surface area (Å²) in [6.45, 7) is 5.80. The van der Waals surface area contributed by atoms with E-state index in [0.29, 0.717) is 19.7 Å². The number of nitrogens with zero attached hydrogens (tertiary/aromatic N) is 1. The Kier molecular flexibility index (Phi) is 6.92. The molecule has 0 aromatic carbocycles. The average molecular weight is 285 g/mol. The number of carbonyl (C=O) groups is 1. The number of carbonyl (C=O) groups excluding carboxylic acids is 1. The number of hydrogen-bond donors (Lipinski definition) is 2. The molecule has 0 spiro atoms. The van der Waals surface area contributed by atoms with E-state index >= 15 is 0 Å². The average Bonchev–Trinajstić information content (AvgIpc) is 2.39. The van der Waals surface area contributed by atoms with E-state index < -0.39 is 0 Å². The fourth-order valence-electron chi connectivity index (χ4n) is 3.04. The standard InChI is InChI=1S/C15H31N3O2/c1-12-5-7-15(11-16,8-6-12)18(3)9-14(19)17-13(2)10-20-4/h12-13H,5-11,16H2,1-4H3,(H,17,19). The van der Waals surface area contributed by atoms with E-state index in [1.807, 2.05) is 14.0 Å². The first-order valence-electron chi connectivity index (χ1n) is 7.63. The van der Waals surface area contributed by atoms with Gasteiger partial charge in [0.1, 0.15) is 0 Å². The molecule has 1 atom stereocenters. The molecule has 3 N–H and O–H groups in total. The third-order valence-electron chi connectivity index (χ3n) is 4.60. The predicted octanol–water partition coefficient (Wildman–Crippen LogP) is 0.977. The van der Waals surface area contributed by atoms with Gasteiger partial charge in [0.25, 0.3) is 0 Å². The van der Waals surface area contributed by atoms with Crippen LogP contribution in [0.25, 0.3) is 0 Å². The zero-order chi connectivity index (χ0) is 15.2. The highest BCUT2D eigenvalue weighted by atomic mass is 16.5. The van der Waals surface area contributed by atoms with Crippen LogP contribution in [0.5, 0.6) is 0 Å².